The van der Waals surface area contributed by atoms with Crippen molar-refractivity contribution in [2.75, 3.05) is 30.5 Å². The molecule has 4 rings (SSSR count). The van der Waals surface area contributed by atoms with Crippen LogP contribution in [0.25, 0.3) is 11.3 Å². The molecule has 0 saturated heterocycles. The number of fused-ring (bicyclic) bond motifs is 1. The van der Waals surface area contributed by atoms with Gasteiger partial charge in [-0.15, -0.1) is 17.9 Å². The van der Waals surface area contributed by atoms with Crippen molar-refractivity contribution in [1.82, 2.24) is 4.98 Å². The molecule has 1 aromatic heterocycles. The number of nitrogens with zero attached hydrogens (tertiary/aromatic N) is 2. The molecule has 0 atom stereocenters. The van der Waals surface area contributed by atoms with Crippen molar-refractivity contribution in [3.63, 3.8) is 0 Å². The van der Waals surface area contributed by atoms with Crippen LogP contribution in [0.1, 0.15) is 15.2 Å². The van der Waals surface area contributed by atoms with Crippen molar-refractivity contribution in [3.8, 4) is 22.8 Å². The molecule has 2 aromatic carbocycles. The van der Waals surface area contributed by atoms with Crippen LogP contribution in [0.4, 0.5) is 10.8 Å². The summed E-state index contributed by atoms with van der Waals surface area (Å²) in [5.74, 6) is 0.965. The van der Waals surface area contributed by atoms with Crippen molar-refractivity contribution in [3.05, 3.63) is 65.6 Å². The number of hydrogen-bond acceptors (Lipinski definition) is 6. The van der Waals surface area contributed by atoms with Gasteiger partial charge in [0, 0.05) is 22.5 Å². The summed E-state index contributed by atoms with van der Waals surface area (Å²) < 4.78 is 10.7. The summed E-state index contributed by atoms with van der Waals surface area (Å²) in [4.78, 5) is 32.0. The Bertz CT molecular complexity index is 1150. The second kappa shape index (κ2) is 8.61. The second-order valence-corrected chi connectivity index (χ2v) is 8.07. The van der Waals surface area contributed by atoms with Crippen LogP contribution in [-0.2, 0) is 4.79 Å². The Morgan fingerprint density at radius 1 is 1.32 bits per heavy atom. The maximum atomic E-state index is 12.6. The summed E-state index contributed by atoms with van der Waals surface area (Å²) in [5.41, 5.74) is 2.78. The van der Waals surface area contributed by atoms with Crippen LogP contribution < -0.4 is 19.7 Å². The zero-order valence-electron chi connectivity index (χ0n) is 17.2. The first-order valence-electron chi connectivity index (χ1n) is 9.61. The first kappa shape index (κ1) is 20.6. The van der Waals surface area contributed by atoms with Gasteiger partial charge in [-0.25, -0.2) is 4.98 Å². The van der Waals surface area contributed by atoms with E-state index in [4.69, 9.17) is 9.47 Å². The highest BCUT2D eigenvalue weighted by Crippen LogP contribution is 2.38. The number of carbonyl (C=O) groups excluding carboxylic acids is 2. The van der Waals surface area contributed by atoms with Crippen molar-refractivity contribution in [2.45, 2.75) is 6.92 Å². The van der Waals surface area contributed by atoms with E-state index >= 15 is 0 Å². The summed E-state index contributed by atoms with van der Waals surface area (Å²) >= 11 is 1.39. The van der Waals surface area contributed by atoms with E-state index in [-0.39, 0.29) is 18.4 Å². The van der Waals surface area contributed by atoms with Gasteiger partial charge in [-0.3, -0.25) is 14.9 Å². The number of thiazole rings is 1. The van der Waals surface area contributed by atoms with Crippen LogP contribution in [0.5, 0.6) is 11.5 Å². The molecule has 0 aliphatic carbocycles. The number of aromatic nitrogens is 1. The molecular formula is C23H21N3O4S. The molecule has 8 heteroatoms. The van der Waals surface area contributed by atoms with Crippen molar-refractivity contribution >= 4 is 34.0 Å². The summed E-state index contributed by atoms with van der Waals surface area (Å²) in [6.07, 6.45) is 1.68. The highest BCUT2D eigenvalue weighted by Gasteiger charge is 2.25. The predicted molar refractivity (Wildman–Crippen MR) is 121 cm³/mol. The molecule has 1 aliphatic rings. The molecule has 3 aromatic rings. The number of methoxy groups -OCH3 is 1. The lowest BCUT2D eigenvalue weighted by Crippen LogP contribution is -2.38. The fraction of sp³-hybridized carbons (Fsp3) is 0.174. The molecule has 0 saturated carbocycles. The Kier molecular flexibility index (Phi) is 5.73. The van der Waals surface area contributed by atoms with E-state index in [0.717, 1.165) is 16.1 Å². The monoisotopic (exact) mass is 435 g/mol. The quantitative estimate of drug-likeness (QED) is 0.584. The number of amides is 2. The molecule has 1 aliphatic heterocycles. The van der Waals surface area contributed by atoms with Gasteiger partial charge < -0.3 is 14.4 Å². The van der Waals surface area contributed by atoms with Crippen LogP contribution >= 0.6 is 11.3 Å². The normalized spacial score (nSPS) is 12.7. The number of ether oxygens (including phenoxy) is 2. The van der Waals surface area contributed by atoms with Gasteiger partial charge in [0.05, 0.1) is 18.5 Å². The van der Waals surface area contributed by atoms with Gasteiger partial charge in [-0.1, -0.05) is 6.08 Å². The summed E-state index contributed by atoms with van der Waals surface area (Å²) in [5, 5.41) is 3.35. The third-order valence-electron chi connectivity index (χ3n) is 4.86. The van der Waals surface area contributed by atoms with Crippen LogP contribution in [0.15, 0.2) is 55.1 Å². The first-order valence-corrected chi connectivity index (χ1v) is 10.4. The number of carbonyl (C=O) groups is 2. The molecule has 158 valence electrons. The lowest BCUT2D eigenvalue weighted by molar-refractivity contribution is -0.121. The highest BCUT2D eigenvalue weighted by molar-refractivity contribution is 7.16. The van der Waals surface area contributed by atoms with Crippen molar-refractivity contribution in [2.24, 2.45) is 0 Å². The van der Waals surface area contributed by atoms with Gasteiger partial charge in [0.2, 0.25) is 0 Å². The van der Waals surface area contributed by atoms with E-state index in [0.29, 0.717) is 34.4 Å². The lowest BCUT2D eigenvalue weighted by Gasteiger charge is -2.28. The highest BCUT2D eigenvalue weighted by atomic mass is 32.1. The fourth-order valence-electron chi connectivity index (χ4n) is 3.31. The SMILES string of the molecule is C=CCN1C(=O)COc2ccc(-c3nc(NC(=O)c4ccc(OC)cc4)sc3C)cc21. The van der Waals surface area contributed by atoms with Crippen molar-refractivity contribution in [1.29, 1.82) is 0 Å². The molecule has 2 heterocycles. The number of hydrogen-bond donors (Lipinski definition) is 1. The number of aryl methyl sites for hydroxylation is 1. The molecule has 1 N–H and O–H groups in total. The Morgan fingerprint density at radius 3 is 2.81 bits per heavy atom. The molecule has 0 fully saturated rings. The number of anilines is 2. The Labute approximate surface area is 183 Å². The Hall–Kier alpha value is -3.65. The van der Waals surface area contributed by atoms with E-state index in [1.165, 1.54) is 11.3 Å². The largest absolute Gasteiger partial charge is 0.497 e. The average Bonchev–Trinajstić information content (AvgIpc) is 3.15. The third kappa shape index (κ3) is 4.15. The third-order valence-corrected chi connectivity index (χ3v) is 5.74. The molecular weight excluding hydrogens is 414 g/mol. The minimum absolute atomic E-state index is 0.0114. The second-order valence-electron chi connectivity index (χ2n) is 6.87. The van der Waals surface area contributed by atoms with Crippen LogP contribution in [0.3, 0.4) is 0 Å². The molecule has 0 bridgehead atoms. The predicted octanol–water partition coefficient (Wildman–Crippen LogP) is 4.29. The Balaban J connectivity index is 1.59. The lowest BCUT2D eigenvalue weighted by atomic mass is 10.1. The van der Waals surface area contributed by atoms with Gasteiger partial charge in [0.1, 0.15) is 11.5 Å². The summed E-state index contributed by atoms with van der Waals surface area (Å²) in [6, 6.07) is 12.5. The zero-order chi connectivity index (χ0) is 22.0. The molecule has 2 amide bonds. The van der Waals surface area contributed by atoms with E-state index in [1.54, 1.807) is 42.4 Å². The number of nitrogens with one attached hydrogen (secondary N) is 1. The minimum atomic E-state index is -0.246. The zero-order valence-corrected chi connectivity index (χ0v) is 18.0. The van der Waals surface area contributed by atoms with E-state index in [2.05, 4.69) is 16.9 Å². The Morgan fingerprint density at radius 2 is 2.10 bits per heavy atom. The van der Waals surface area contributed by atoms with Gasteiger partial charge in [-0.2, -0.15) is 0 Å². The molecule has 0 radical (unpaired) electrons. The molecule has 31 heavy (non-hydrogen) atoms. The van der Waals surface area contributed by atoms with Crippen LogP contribution in [0.2, 0.25) is 0 Å². The van der Waals surface area contributed by atoms with Crippen molar-refractivity contribution < 1.29 is 19.1 Å². The maximum absolute atomic E-state index is 12.6. The van der Waals surface area contributed by atoms with Gasteiger partial charge in [0.25, 0.3) is 11.8 Å². The van der Waals surface area contributed by atoms with E-state index in [9.17, 15) is 9.59 Å². The molecule has 7 nitrogen and oxygen atoms in total. The smallest absolute Gasteiger partial charge is 0.265 e. The number of rotatable bonds is 6. The van der Waals surface area contributed by atoms with Gasteiger partial charge in [0.15, 0.2) is 11.7 Å². The molecule has 0 unspecified atom stereocenters. The van der Waals surface area contributed by atoms with Gasteiger partial charge in [-0.05, 0) is 49.4 Å². The van der Waals surface area contributed by atoms with E-state index in [1.807, 2.05) is 25.1 Å². The number of benzene rings is 2. The van der Waals surface area contributed by atoms with E-state index < -0.39 is 0 Å². The van der Waals surface area contributed by atoms with Crippen LogP contribution in [0, 0.1) is 6.92 Å². The average molecular weight is 436 g/mol. The summed E-state index contributed by atoms with van der Waals surface area (Å²) in [7, 11) is 1.58. The summed E-state index contributed by atoms with van der Waals surface area (Å²) in [6.45, 7) is 6.08. The fourth-order valence-corrected chi connectivity index (χ4v) is 4.14. The minimum Gasteiger partial charge on any atom is -0.497 e. The molecule has 0 spiro atoms. The topological polar surface area (TPSA) is 80.8 Å². The standard InChI is InChI=1S/C23H21N3O4S/c1-4-11-26-18-12-16(7-10-19(18)30-13-20(26)27)21-14(2)31-23(24-21)25-22(28)15-5-8-17(29-3)9-6-15/h4-10,12H,1,11,13H2,2-3H3,(H,24,25,28). The first-order chi connectivity index (χ1) is 15.0. The van der Waals surface area contributed by atoms with Crippen LogP contribution in [-0.4, -0.2) is 37.1 Å². The maximum Gasteiger partial charge on any atom is 0.265 e. The van der Waals surface area contributed by atoms with Gasteiger partial charge >= 0.3 is 0 Å².